The third-order valence-corrected chi connectivity index (χ3v) is 3.58. The second-order valence-corrected chi connectivity index (χ2v) is 4.85. The molecule has 0 aliphatic rings. The third kappa shape index (κ3) is 2.50. The maximum absolute atomic E-state index is 13.5. The second-order valence-electron chi connectivity index (χ2n) is 4.85. The zero-order chi connectivity index (χ0) is 14.8. The number of benzene rings is 2. The summed E-state index contributed by atoms with van der Waals surface area (Å²) in [5.74, 6) is -1.69. The van der Waals surface area contributed by atoms with E-state index in [2.05, 4.69) is 10.3 Å². The van der Waals surface area contributed by atoms with Crippen molar-refractivity contribution in [2.45, 2.75) is 6.04 Å². The van der Waals surface area contributed by atoms with Crippen LogP contribution in [-0.4, -0.2) is 12.0 Å². The van der Waals surface area contributed by atoms with Gasteiger partial charge >= 0.3 is 0 Å². The van der Waals surface area contributed by atoms with E-state index in [-0.39, 0.29) is 6.04 Å². The molecule has 1 aromatic heterocycles. The van der Waals surface area contributed by atoms with Crippen molar-refractivity contribution in [3.8, 4) is 0 Å². The highest BCUT2D eigenvalue weighted by Gasteiger charge is 2.16. The van der Waals surface area contributed by atoms with Gasteiger partial charge < -0.3 is 5.32 Å². The monoisotopic (exact) mass is 284 g/mol. The Labute approximate surface area is 121 Å². The summed E-state index contributed by atoms with van der Waals surface area (Å²) in [4.78, 5) is 4.24. The van der Waals surface area contributed by atoms with Gasteiger partial charge in [-0.2, -0.15) is 0 Å². The molecule has 0 saturated carbocycles. The highest BCUT2D eigenvalue weighted by Crippen LogP contribution is 2.28. The fraction of sp³-hybridized carbons (Fsp3) is 0.118. The predicted molar refractivity (Wildman–Crippen MR) is 79.0 cm³/mol. The van der Waals surface area contributed by atoms with Gasteiger partial charge in [0.05, 0.1) is 6.04 Å². The fourth-order valence-corrected chi connectivity index (χ4v) is 2.56. The molecule has 4 heteroatoms. The lowest BCUT2D eigenvalue weighted by Gasteiger charge is -2.19. The molecule has 1 heterocycles. The van der Waals surface area contributed by atoms with Crippen LogP contribution in [0, 0.1) is 11.6 Å². The molecule has 0 aliphatic heterocycles. The summed E-state index contributed by atoms with van der Waals surface area (Å²) in [6, 6.07) is 11.6. The van der Waals surface area contributed by atoms with Crippen molar-refractivity contribution in [3.63, 3.8) is 0 Å². The highest BCUT2D eigenvalue weighted by molar-refractivity contribution is 5.85. The van der Waals surface area contributed by atoms with Crippen LogP contribution in [0.3, 0.4) is 0 Å². The Bertz CT molecular complexity index is 781. The number of pyridine rings is 1. The van der Waals surface area contributed by atoms with Gasteiger partial charge in [-0.3, -0.25) is 4.98 Å². The van der Waals surface area contributed by atoms with Gasteiger partial charge in [0.15, 0.2) is 11.6 Å². The summed E-state index contributed by atoms with van der Waals surface area (Å²) >= 11 is 0. The molecule has 106 valence electrons. The van der Waals surface area contributed by atoms with Crippen LogP contribution in [-0.2, 0) is 0 Å². The third-order valence-electron chi connectivity index (χ3n) is 3.58. The first-order chi connectivity index (χ1) is 10.2. The Morgan fingerprint density at radius 1 is 1.00 bits per heavy atom. The molecule has 3 rings (SSSR count). The van der Waals surface area contributed by atoms with E-state index in [1.807, 2.05) is 24.3 Å². The first-order valence-electron chi connectivity index (χ1n) is 6.65. The lowest BCUT2D eigenvalue weighted by Crippen LogP contribution is -2.18. The molecule has 1 atom stereocenters. The lowest BCUT2D eigenvalue weighted by atomic mass is 9.96. The summed E-state index contributed by atoms with van der Waals surface area (Å²) in [7, 11) is 1.79. The number of rotatable bonds is 3. The topological polar surface area (TPSA) is 24.9 Å². The molecule has 0 amide bonds. The van der Waals surface area contributed by atoms with E-state index in [9.17, 15) is 8.78 Å². The average Bonchev–Trinajstić information content (AvgIpc) is 2.52. The van der Waals surface area contributed by atoms with E-state index in [4.69, 9.17) is 0 Å². The van der Waals surface area contributed by atoms with Crippen LogP contribution < -0.4 is 5.32 Å². The molecule has 2 nitrogen and oxygen atoms in total. The van der Waals surface area contributed by atoms with Gasteiger partial charge in [-0.05, 0) is 35.7 Å². The molecule has 1 N–H and O–H groups in total. The Morgan fingerprint density at radius 3 is 2.57 bits per heavy atom. The summed E-state index contributed by atoms with van der Waals surface area (Å²) in [5.41, 5.74) is 1.59. The van der Waals surface area contributed by atoms with Crippen molar-refractivity contribution in [1.29, 1.82) is 0 Å². The lowest BCUT2D eigenvalue weighted by molar-refractivity contribution is 0.505. The number of hydrogen-bond donors (Lipinski definition) is 1. The highest BCUT2D eigenvalue weighted by atomic mass is 19.2. The second kappa shape index (κ2) is 5.58. The number of halogens is 2. The quantitative estimate of drug-likeness (QED) is 0.791. The summed E-state index contributed by atoms with van der Waals surface area (Å²) < 4.78 is 26.6. The zero-order valence-corrected chi connectivity index (χ0v) is 11.5. The first kappa shape index (κ1) is 13.6. The summed E-state index contributed by atoms with van der Waals surface area (Å²) in [6.07, 6.45) is 3.54. The molecular weight excluding hydrogens is 270 g/mol. The Balaban J connectivity index is 2.16. The van der Waals surface area contributed by atoms with Gasteiger partial charge in [-0.15, -0.1) is 0 Å². The van der Waals surface area contributed by atoms with Crippen LogP contribution in [0.4, 0.5) is 8.78 Å². The minimum Gasteiger partial charge on any atom is -0.309 e. The largest absolute Gasteiger partial charge is 0.309 e. The van der Waals surface area contributed by atoms with Crippen molar-refractivity contribution in [2.75, 3.05) is 7.05 Å². The van der Waals surface area contributed by atoms with E-state index in [1.54, 1.807) is 25.5 Å². The van der Waals surface area contributed by atoms with Gasteiger partial charge in [0.25, 0.3) is 0 Å². The average molecular weight is 284 g/mol. The zero-order valence-electron chi connectivity index (χ0n) is 11.5. The molecule has 2 aromatic carbocycles. The minimum atomic E-state index is -0.846. The molecule has 3 aromatic rings. The fourth-order valence-electron chi connectivity index (χ4n) is 2.56. The molecule has 0 bridgehead atoms. The van der Waals surface area contributed by atoms with E-state index < -0.39 is 11.6 Å². The minimum absolute atomic E-state index is 0.251. The van der Waals surface area contributed by atoms with E-state index >= 15 is 0 Å². The van der Waals surface area contributed by atoms with Crippen molar-refractivity contribution in [3.05, 3.63) is 77.6 Å². The van der Waals surface area contributed by atoms with E-state index in [1.165, 1.54) is 6.07 Å². The standard InChI is InChI=1S/C17H14F2N2/c1-20-17(11-6-7-15(18)16(19)8-11)14-10-21-9-12-4-2-3-5-13(12)14/h2-10,17,20H,1H3. The van der Waals surface area contributed by atoms with Gasteiger partial charge in [0.2, 0.25) is 0 Å². The van der Waals surface area contributed by atoms with Crippen LogP contribution in [0.1, 0.15) is 17.2 Å². The number of nitrogens with one attached hydrogen (secondary N) is 1. The molecule has 0 aliphatic carbocycles. The van der Waals surface area contributed by atoms with Crippen LogP contribution in [0.5, 0.6) is 0 Å². The summed E-state index contributed by atoms with van der Waals surface area (Å²) in [5, 5.41) is 5.19. The first-order valence-corrected chi connectivity index (χ1v) is 6.65. The maximum atomic E-state index is 13.5. The number of fused-ring (bicyclic) bond motifs is 1. The van der Waals surface area contributed by atoms with E-state index in [0.717, 1.165) is 22.4 Å². The smallest absolute Gasteiger partial charge is 0.159 e. The normalized spacial score (nSPS) is 12.5. The molecule has 0 fully saturated rings. The predicted octanol–water partition coefficient (Wildman–Crippen LogP) is 3.82. The molecule has 21 heavy (non-hydrogen) atoms. The van der Waals surface area contributed by atoms with Gasteiger partial charge in [0, 0.05) is 17.8 Å². The van der Waals surface area contributed by atoms with Crippen molar-refractivity contribution in [2.24, 2.45) is 0 Å². The van der Waals surface area contributed by atoms with Gasteiger partial charge in [0.1, 0.15) is 0 Å². The Morgan fingerprint density at radius 2 is 1.81 bits per heavy atom. The molecule has 0 saturated heterocycles. The van der Waals surface area contributed by atoms with E-state index in [0.29, 0.717) is 5.56 Å². The molecule has 1 unspecified atom stereocenters. The van der Waals surface area contributed by atoms with Crippen molar-refractivity contribution < 1.29 is 8.78 Å². The van der Waals surface area contributed by atoms with Crippen molar-refractivity contribution in [1.82, 2.24) is 10.3 Å². The maximum Gasteiger partial charge on any atom is 0.159 e. The van der Waals surface area contributed by atoms with Crippen molar-refractivity contribution >= 4 is 10.8 Å². The summed E-state index contributed by atoms with van der Waals surface area (Å²) in [6.45, 7) is 0. The number of hydrogen-bond acceptors (Lipinski definition) is 2. The van der Waals surface area contributed by atoms with Crippen LogP contribution in [0.15, 0.2) is 54.9 Å². The number of aromatic nitrogens is 1. The number of nitrogens with zero attached hydrogens (tertiary/aromatic N) is 1. The van der Waals surface area contributed by atoms with Crippen LogP contribution in [0.25, 0.3) is 10.8 Å². The van der Waals surface area contributed by atoms with Gasteiger partial charge in [-0.25, -0.2) is 8.78 Å². The Hall–Kier alpha value is -2.33. The SMILES string of the molecule is CNC(c1ccc(F)c(F)c1)c1cncc2ccccc12. The van der Waals surface area contributed by atoms with Gasteiger partial charge in [-0.1, -0.05) is 30.3 Å². The Kier molecular flexibility index (Phi) is 3.62. The molecule has 0 spiro atoms. The molecule has 0 radical (unpaired) electrons. The van der Waals surface area contributed by atoms with Crippen LogP contribution >= 0.6 is 0 Å². The van der Waals surface area contributed by atoms with Crippen LogP contribution in [0.2, 0.25) is 0 Å². The molecular formula is C17H14F2N2.